The van der Waals surface area contributed by atoms with Crippen LogP contribution in [0.25, 0.3) is 0 Å². The maximum Gasteiger partial charge on any atom is 0.270 e. The number of hydrogen-bond donors (Lipinski definition) is 2. The Balaban J connectivity index is 1.75. The molecule has 3 rings (SSSR count). The number of aryl methyl sites for hydroxylation is 1. The molecule has 8 heteroatoms. The van der Waals surface area contributed by atoms with Crippen LogP contribution in [-0.4, -0.2) is 20.9 Å². The van der Waals surface area contributed by atoms with Gasteiger partial charge in [-0.05, 0) is 42.8 Å². The van der Waals surface area contributed by atoms with Gasteiger partial charge in [-0.3, -0.25) is 9.78 Å². The number of aromatic nitrogens is 3. The molecule has 0 unspecified atom stereocenters. The molecule has 0 aliphatic rings. The Labute approximate surface area is 160 Å². The molecule has 2 N–H and O–H groups in total. The molecule has 0 fully saturated rings. The Morgan fingerprint density at radius 2 is 2.00 bits per heavy atom. The van der Waals surface area contributed by atoms with Gasteiger partial charge in [0.15, 0.2) is 0 Å². The summed E-state index contributed by atoms with van der Waals surface area (Å²) in [5, 5.41) is 6.78. The van der Waals surface area contributed by atoms with Crippen molar-refractivity contribution in [1.29, 1.82) is 0 Å². The molecule has 0 bridgehead atoms. The second-order valence-corrected chi connectivity index (χ2v) is 6.35. The summed E-state index contributed by atoms with van der Waals surface area (Å²) in [6, 6.07) is 10.4. The van der Waals surface area contributed by atoms with Crippen molar-refractivity contribution in [3.05, 3.63) is 75.8 Å². The lowest BCUT2D eigenvalue weighted by Gasteiger charge is -2.10. The van der Waals surface area contributed by atoms with Crippen molar-refractivity contribution < 1.29 is 4.79 Å². The fourth-order valence-electron chi connectivity index (χ4n) is 2.23. The number of amides is 1. The molecule has 2 heterocycles. The van der Waals surface area contributed by atoms with Crippen molar-refractivity contribution in [2.24, 2.45) is 0 Å². The molecule has 0 aliphatic carbocycles. The van der Waals surface area contributed by atoms with Crippen LogP contribution in [0.3, 0.4) is 0 Å². The highest BCUT2D eigenvalue weighted by Crippen LogP contribution is 2.27. The number of hydrogen-bond acceptors (Lipinski definition) is 5. The second-order valence-electron chi connectivity index (χ2n) is 5.51. The summed E-state index contributed by atoms with van der Waals surface area (Å²) in [6.45, 7) is 2.15. The highest BCUT2D eigenvalue weighted by atomic mass is 35.5. The maximum absolute atomic E-state index is 12.4. The number of carbonyl (C=O) groups excluding carboxylic acids is 1. The van der Waals surface area contributed by atoms with E-state index < -0.39 is 0 Å². The fourth-order valence-corrected chi connectivity index (χ4v) is 2.68. The zero-order valence-electron chi connectivity index (χ0n) is 13.8. The first-order valence-electron chi connectivity index (χ1n) is 7.76. The molecule has 3 aromatic rings. The molecule has 1 amide bonds. The predicted octanol–water partition coefficient (Wildman–Crippen LogP) is 4.16. The highest BCUT2D eigenvalue weighted by molar-refractivity contribution is 6.36. The smallest absolute Gasteiger partial charge is 0.270 e. The van der Waals surface area contributed by atoms with Crippen LogP contribution in [0.1, 0.15) is 21.7 Å². The number of nitrogens with one attached hydrogen (secondary N) is 2. The number of carbonyl (C=O) groups is 1. The number of pyridine rings is 1. The van der Waals surface area contributed by atoms with Gasteiger partial charge in [0.1, 0.15) is 5.69 Å². The van der Waals surface area contributed by atoms with Gasteiger partial charge in [0, 0.05) is 29.7 Å². The Morgan fingerprint density at radius 3 is 2.73 bits per heavy atom. The van der Waals surface area contributed by atoms with E-state index in [4.69, 9.17) is 23.2 Å². The third kappa shape index (κ3) is 4.68. The van der Waals surface area contributed by atoms with Crippen LogP contribution >= 0.6 is 23.2 Å². The van der Waals surface area contributed by atoms with Crippen LogP contribution in [0, 0.1) is 6.92 Å². The Kier molecular flexibility index (Phi) is 5.65. The molecule has 0 atom stereocenters. The molecule has 6 nitrogen and oxygen atoms in total. The van der Waals surface area contributed by atoms with Crippen molar-refractivity contribution in [1.82, 2.24) is 20.3 Å². The van der Waals surface area contributed by atoms with E-state index in [1.54, 1.807) is 43.6 Å². The minimum Gasteiger partial charge on any atom is -0.347 e. The lowest BCUT2D eigenvalue weighted by molar-refractivity contribution is 0.0945. The van der Waals surface area contributed by atoms with Crippen LogP contribution in [0.15, 0.2) is 48.8 Å². The van der Waals surface area contributed by atoms with Crippen LogP contribution in [0.5, 0.6) is 0 Å². The van der Waals surface area contributed by atoms with Gasteiger partial charge in [-0.15, -0.1) is 0 Å². The van der Waals surface area contributed by atoms with Gasteiger partial charge in [0.2, 0.25) is 5.95 Å². The maximum atomic E-state index is 12.4. The van der Waals surface area contributed by atoms with E-state index in [-0.39, 0.29) is 17.5 Å². The molecule has 0 spiro atoms. The van der Waals surface area contributed by atoms with Gasteiger partial charge in [-0.25, -0.2) is 9.97 Å². The lowest BCUT2D eigenvalue weighted by Crippen LogP contribution is -2.24. The number of halogens is 2. The SMILES string of the molecule is Cc1cc(C(=O)NCc2cccnc2)nc(Nc2ccc(Cl)cc2Cl)n1. The largest absolute Gasteiger partial charge is 0.347 e. The Hall–Kier alpha value is -2.70. The second kappa shape index (κ2) is 8.12. The van der Waals surface area contributed by atoms with Gasteiger partial charge < -0.3 is 10.6 Å². The first-order chi connectivity index (χ1) is 12.5. The molecule has 0 saturated carbocycles. The third-order valence-electron chi connectivity index (χ3n) is 3.44. The van der Waals surface area contributed by atoms with E-state index in [0.29, 0.717) is 28.0 Å². The normalized spacial score (nSPS) is 10.4. The van der Waals surface area contributed by atoms with Crippen LogP contribution in [0.4, 0.5) is 11.6 Å². The molecular formula is C18H15Cl2N5O. The van der Waals surface area contributed by atoms with Crippen molar-refractivity contribution in [2.75, 3.05) is 5.32 Å². The van der Waals surface area contributed by atoms with Crippen LogP contribution < -0.4 is 10.6 Å². The van der Waals surface area contributed by atoms with E-state index in [1.807, 2.05) is 12.1 Å². The minimum absolute atomic E-state index is 0.258. The number of nitrogens with zero attached hydrogens (tertiary/aromatic N) is 3. The third-order valence-corrected chi connectivity index (χ3v) is 3.99. The molecule has 0 saturated heterocycles. The molecule has 2 aromatic heterocycles. The van der Waals surface area contributed by atoms with E-state index in [0.717, 1.165) is 5.56 Å². The van der Waals surface area contributed by atoms with E-state index >= 15 is 0 Å². The summed E-state index contributed by atoms with van der Waals surface area (Å²) in [6.07, 6.45) is 3.37. The van der Waals surface area contributed by atoms with Gasteiger partial charge in [-0.2, -0.15) is 0 Å². The Morgan fingerprint density at radius 1 is 1.15 bits per heavy atom. The number of rotatable bonds is 5. The average Bonchev–Trinajstić information content (AvgIpc) is 2.62. The van der Waals surface area contributed by atoms with Crippen molar-refractivity contribution in [3.8, 4) is 0 Å². The molecular weight excluding hydrogens is 373 g/mol. The van der Waals surface area contributed by atoms with Gasteiger partial charge in [0.25, 0.3) is 5.91 Å². The van der Waals surface area contributed by atoms with Gasteiger partial charge in [-0.1, -0.05) is 29.3 Å². The lowest BCUT2D eigenvalue weighted by atomic mass is 10.2. The predicted molar refractivity (Wildman–Crippen MR) is 102 cm³/mol. The first-order valence-corrected chi connectivity index (χ1v) is 8.52. The highest BCUT2D eigenvalue weighted by Gasteiger charge is 2.12. The van der Waals surface area contributed by atoms with Gasteiger partial charge >= 0.3 is 0 Å². The van der Waals surface area contributed by atoms with E-state index in [9.17, 15) is 4.79 Å². The van der Waals surface area contributed by atoms with Crippen molar-refractivity contribution >= 4 is 40.7 Å². The summed E-state index contributed by atoms with van der Waals surface area (Å²) in [7, 11) is 0. The minimum atomic E-state index is -0.301. The average molecular weight is 388 g/mol. The number of anilines is 2. The van der Waals surface area contributed by atoms with Gasteiger partial charge in [0.05, 0.1) is 10.7 Å². The van der Waals surface area contributed by atoms with Crippen LogP contribution in [-0.2, 0) is 6.54 Å². The molecule has 26 heavy (non-hydrogen) atoms. The molecule has 1 aromatic carbocycles. The van der Waals surface area contributed by atoms with Crippen molar-refractivity contribution in [2.45, 2.75) is 13.5 Å². The molecule has 132 valence electrons. The summed E-state index contributed by atoms with van der Waals surface area (Å²) < 4.78 is 0. The summed E-state index contributed by atoms with van der Waals surface area (Å²) in [5.41, 5.74) is 2.41. The number of benzene rings is 1. The zero-order chi connectivity index (χ0) is 18.5. The van der Waals surface area contributed by atoms with E-state index in [1.165, 1.54) is 0 Å². The zero-order valence-corrected chi connectivity index (χ0v) is 15.3. The summed E-state index contributed by atoms with van der Waals surface area (Å²) >= 11 is 12.0. The summed E-state index contributed by atoms with van der Waals surface area (Å²) in [5.74, 6) is -0.0228. The monoisotopic (exact) mass is 387 g/mol. The first kappa shape index (κ1) is 18.1. The Bertz CT molecular complexity index is 934. The molecule has 0 radical (unpaired) electrons. The fraction of sp³-hybridized carbons (Fsp3) is 0.111. The molecule has 0 aliphatic heterocycles. The van der Waals surface area contributed by atoms with E-state index in [2.05, 4.69) is 25.6 Å². The quantitative estimate of drug-likeness (QED) is 0.686. The van der Waals surface area contributed by atoms with Crippen molar-refractivity contribution in [3.63, 3.8) is 0 Å². The standard InChI is InChI=1S/C18H15Cl2N5O/c1-11-7-16(17(26)22-10-12-3-2-6-21-9-12)25-18(23-11)24-15-5-4-13(19)8-14(15)20/h2-9H,10H2,1H3,(H,22,26)(H,23,24,25). The van der Waals surface area contributed by atoms with Crippen LogP contribution in [0.2, 0.25) is 10.0 Å². The topological polar surface area (TPSA) is 79.8 Å². The summed E-state index contributed by atoms with van der Waals surface area (Å²) in [4.78, 5) is 25.0.